The number of fused-ring (bicyclic) bond motifs is 1. The van der Waals surface area contributed by atoms with Gasteiger partial charge in [0.25, 0.3) is 5.91 Å². The molecule has 0 bridgehead atoms. The van der Waals surface area contributed by atoms with Crippen molar-refractivity contribution < 1.29 is 19.1 Å². The van der Waals surface area contributed by atoms with Gasteiger partial charge in [0.05, 0.1) is 0 Å². The fraction of sp³-hybridized carbons (Fsp3) is 0.267. The second kappa shape index (κ2) is 5.76. The van der Waals surface area contributed by atoms with Crippen molar-refractivity contribution in [1.29, 1.82) is 0 Å². The zero-order chi connectivity index (χ0) is 15.7. The normalized spacial score (nSPS) is 14.2. The minimum Gasteiger partial charge on any atom is -0.451 e. The van der Waals surface area contributed by atoms with Crippen LogP contribution in [0.15, 0.2) is 24.3 Å². The third kappa shape index (κ3) is 2.55. The highest BCUT2D eigenvalue weighted by Gasteiger charge is 2.27. The van der Waals surface area contributed by atoms with Crippen molar-refractivity contribution in [2.45, 2.75) is 6.92 Å². The average Bonchev–Trinajstić information content (AvgIpc) is 3.09. The number of esters is 1. The van der Waals surface area contributed by atoms with E-state index in [1.165, 1.54) is 11.3 Å². The number of carbonyl (C=O) groups excluding carboxylic acids is 3. The number of rotatable bonds is 3. The summed E-state index contributed by atoms with van der Waals surface area (Å²) in [6, 6.07) is 7.25. The number of benzene rings is 1. The minimum atomic E-state index is -0.536. The Morgan fingerprint density at radius 3 is 2.82 bits per heavy atom. The van der Waals surface area contributed by atoms with Gasteiger partial charge in [0, 0.05) is 17.8 Å². The smallest absolute Gasteiger partial charge is 0.349 e. The molecule has 1 aliphatic rings. The molecular weight excluding hydrogens is 304 g/mol. The van der Waals surface area contributed by atoms with Crippen LogP contribution < -0.4 is 5.32 Å². The van der Waals surface area contributed by atoms with Crippen LogP contribution in [-0.4, -0.2) is 42.5 Å². The molecule has 1 aromatic heterocycles. The number of urea groups is 1. The van der Waals surface area contributed by atoms with Crippen LogP contribution in [0, 0.1) is 6.92 Å². The SMILES string of the molecule is Cc1c(C(=O)OCC(=O)N2CCNC2=O)sc2ccccc12. The number of amides is 3. The van der Waals surface area contributed by atoms with E-state index in [0.717, 1.165) is 20.5 Å². The molecule has 1 aromatic carbocycles. The standard InChI is InChI=1S/C15H14N2O4S/c1-9-10-4-2-3-5-11(10)22-13(9)14(19)21-8-12(18)17-7-6-16-15(17)20/h2-5H,6-8H2,1H3,(H,16,20). The molecule has 0 saturated carbocycles. The van der Waals surface area contributed by atoms with Gasteiger partial charge in [-0.25, -0.2) is 9.59 Å². The summed E-state index contributed by atoms with van der Waals surface area (Å²) in [6.07, 6.45) is 0. The van der Waals surface area contributed by atoms with Crippen molar-refractivity contribution in [3.8, 4) is 0 Å². The molecule has 2 heterocycles. The van der Waals surface area contributed by atoms with Gasteiger partial charge in [-0.3, -0.25) is 9.69 Å². The topological polar surface area (TPSA) is 75.7 Å². The molecule has 0 atom stereocenters. The van der Waals surface area contributed by atoms with Gasteiger partial charge in [-0.2, -0.15) is 0 Å². The number of aryl methyl sites for hydroxylation is 1. The van der Waals surface area contributed by atoms with E-state index in [2.05, 4.69) is 5.32 Å². The molecule has 1 fully saturated rings. The third-order valence-electron chi connectivity index (χ3n) is 3.51. The molecule has 0 unspecified atom stereocenters. The Balaban J connectivity index is 1.70. The molecule has 1 N–H and O–H groups in total. The Labute approximate surface area is 130 Å². The number of carbonyl (C=O) groups is 3. The van der Waals surface area contributed by atoms with Crippen molar-refractivity contribution in [2.75, 3.05) is 19.7 Å². The van der Waals surface area contributed by atoms with Crippen LogP contribution in [0.5, 0.6) is 0 Å². The number of thiophene rings is 1. The Morgan fingerprint density at radius 2 is 2.14 bits per heavy atom. The van der Waals surface area contributed by atoms with Crippen molar-refractivity contribution in [1.82, 2.24) is 10.2 Å². The second-order valence-electron chi connectivity index (χ2n) is 4.91. The van der Waals surface area contributed by atoms with E-state index in [1.54, 1.807) is 0 Å². The fourth-order valence-corrected chi connectivity index (χ4v) is 3.45. The Bertz CT molecular complexity index is 768. The van der Waals surface area contributed by atoms with Crippen molar-refractivity contribution in [2.24, 2.45) is 0 Å². The number of hydrogen-bond donors (Lipinski definition) is 1. The zero-order valence-corrected chi connectivity index (χ0v) is 12.7. The number of imide groups is 1. The van der Waals surface area contributed by atoms with Crippen LogP contribution in [-0.2, 0) is 9.53 Å². The fourth-order valence-electron chi connectivity index (χ4n) is 2.35. The van der Waals surface area contributed by atoms with E-state index in [9.17, 15) is 14.4 Å². The molecule has 3 rings (SSSR count). The lowest BCUT2D eigenvalue weighted by molar-refractivity contribution is -0.130. The maximum absolute atomic E-state index is 12.2. The van der Waals surface area contributed by atoms with Crippen LogP contribution >= 0.6 is 11.3 Å². The highest BCUT2D eigenvalue weighted by atomic mass is 32.1. The van der Waals surface area contributed by atoms with Gasteiger partial charge in [0.1, 0.15) is 4.88 Å². The molecule has 1 aliphatic heterocycles. The van der Waals surface area contributed by atoms with Gasteiger partial charge in [-0.05, 0) is 23.9 Å². The molecule has 2 aromatic rings. The first kappa shape index (κ1) is 14.5. The molecule has 0 radical (unpaired) electrons. The molecule has 0 spiro atoms. The molecule has 22 heavy (non-hydrogen) atoms. The summed E-state index contributed by atoms with van der Waals surface area (Å²) in [5, 5.41) is 3.53. The van der Waals surface area contributed by atoms with Crippen LogP contribution in [0.4, 0.5) is 4.79 Å². The van der Waals surface area contributed by atoms with Crippen LogP contribution in [0.1, 0.15) is 15.2 Å². The second-order valence-corrected chi connectivity index (χ2v) is 5.96. The van der Waals surface area contributed by atoms with Gasteiger partial charge >= 0.3 is 12.0 Å². The molecule has 6 nitrogen and oxygen atoms in total. The predicted molar refractivity (Wildman–Crippen MR) is 82.0 cm³/mol. The predicted octanol–water partition coefficient (Wildman–Crippen LogP) is 1.92. The summed E-state index contributed by atoms with van der Waals surface area (Å²) in [5.74, 6) is -1.05. The first-order valence-electron chi connectivity index (χ1n) is 6.81. The summed E-state index contributed by atoms with van der Waals surface area (Å²) in [4.78, 5) is 36.9. The Hall–Kier alpha value is -2.41. The van der Waals surface area contributed by atoms with E-state index in [1.807, 2.05) is 31.2 Å². The quantitative estimate of drug-likeness (QED) is 0.877. The van der Waals surface area contributed by atoms with Crippen molar-refractivity contribution in [3.63, 3.8) is 0 Å². The zero-order valence-electron chi connectivity index (χ0n) is 11.9. The first-order valence-corrected chi connectivity index (χ1v) is 7.63. The van der Waals surface area contributed by atoms with E-state index < -0.39 is 24.5 Å². The third-order valence-corrected chi connectivity index (χ3v) is 4.77. The summed E-state index contributed by atoms with van der Waals surface area (Å²) in [5.41, 5.74) is 0.844. The van der Waals surface area contributed by atoms with Crippen LogP contribution in [0.3, 0.4) is 0 Å². The van der Waals surface area contributed by atoms with E-state index in [4.69, 9.17) is 4.74 Å². The van der Waals surface area contributed by atoms with E-state index in [-0.39, 0.29) is 0 Å². The monoisotopic (exact) mass is 318 g/mol. The Kier molecular flexibility index (Phi) is 3.81. The maximum Gasteiger partial charge on any atom is 0.349 e. The summed E-state index contributed by atoms with van der Waals surface area (Å²) in [7, 11) is 0. The highest BCUT2D eigenvalue weighted by molar-refractivity contribution is 7.21. The minimum absolute atomic E-state index is 0.303. The summed E-state index contributed by atoms with van der Waals surface area (Å²) >= 11 is 1.34. The maximum atomic E-state index is 12.2. The lowest BCUT2D eigenvalue weighted by Gasteiger charge is -2.11. The molecule has 1 saturated heterocycles. The van der Waals surface area contributed by atoms with E-state index >= 15 is 0 Å². The average molecular weight is 318 g/mol. The van der Waals surface area contributed by atoms with Crippen LogP contribution in [0.25, 0.3) is 10.1 Å². The van der Waals surface area contributed by atoms with Crippen LogP contribution in [0.2, 0.25) is 0 Å². The lowest BCUT2D eigenvalue weighted by Crippen LogP contribution is -2.37. The largest absolute Gasteiger partial charge is 0.451 e. The Morgan fingerprint density at radius 1 is 1.36 bits per heavy atom. The van der Waals surface area contributed by atoms with Gasteiger partial charge in [0.15, 0.2) is 6.61 Å². The lowest BCUT2D eigenvalue weighted by atomic mass is 10.1. The summed E-state index contributed by atoms with van der Waals surface area (Å²) < 4.78 is 6.06. The molecule has 114 valence electrons. The number of hydrogen-bond acceptors (Lipinski definition) is 5. The molecule has 3 amide bonds. The molecule has 0 aliphatic carbocycles. The van der Waals surface area contributed by atoms with Gasteiger partial charge < -0.3 is 10.1 Å². The number of ether oxygens (including phenoxy) is 1. The summed E-state index contributed by atoms with van der Waals surface area (Å²) in [6.45, 7) is 2.15. The molecular formula is C15H14N2O4S. The van der Waals surface area contributed by atoms with Gasteiger partial charge in [-0.15, -0.1) is 11.3 Å². The van der Waals surface area contributed by atoms with Crippen molar-refractivity contribution in [3.05, 3.63) is 34.7 Å². The van der Waals surface area contributed by atoms with Crippen molar-refractivity contribution >= 4 is 39.3 Å². The first-order chi connectivity index (χ1) is 10.6. The number of nitrogens with one attached hydrogen (secondary N) is 1. The van der Waals surface area contributed by atoms with Gasteiger partial charge in [-0.1, -0.05) is 18.2 Å². The van der Waals surface area contributed by atoms with Gasteiger partial charge in [0.2, 0.25) is 0 Å². The highest BCUT2D eigenvalue weighted by Crippen LogP contribution is 2.30. The molecule has 7 heteroatoms. The van der Waals surface area contributed by atoms with E-state index in [0.29, 0.717) is 18.0 Å². The number of nitrogens with zero attached hydrogens (tertiary/aromatic N) is 1.